The van der Waals surface area contributed by atoms with Gasteiger partial charge in [0.1, 0.15) is 0 Å². The Morgan fingerprint density at radius 2 is 1.50 bits per heavy atom. The van der Waals surface area contributed by atoms with E-state index in [9.17, 15) is 10.2 Å². The second-order valence-corrected chi connectivity index (χ2v) is 13.9. The van der Waals surface area contributed by atoms with Crippen LogP contribution in [-0.4, -0.2) is 65.2 Å². The fraction of sp³-hybridized carbons (Fsp3) is 0.550. The summed E-state index contributed by atoms with van der Waals surface area (Å²) in [6.45, 7) is 18.9. The highest BCUT2D eigenvalue weighted by Gasteiger charge is 2.38. The normalized spacial score (nSPS) is 26.8. The molecule has 0 aliphatic carbocycles. The summed E-state index contributed by atoms with van der Waals surface area (Å²) in [5, 5.41) is 25.4. The van der Waals surface area contributed by atoms with Crippen LogP contribution in [0.4, 0.5) is 0 Å². The lowest BCUT2D eigenvalue weighted by Gasteiger charge is -2.29. The Balaban J connectivity index is 1.79. The van der Waals surface area contributed by atoms with E-state index >= 15 is 0 Å². The molecule has 4 N–H and O–H groups in total. The van der Waals surface area contributed by atoms with E-state index < -0.39 is 0 Å². The monoisotopic (exact) mass is 656 g/mol. The van der Waals surface area contributed by atoms with E-state index in [0.717, 1.165) is 98.3 Å². The van der Waals surface area contributed by atoms with Gasteiger partial charge in [-0.25, -0.2) is 9.98 Å². The van der Waals surface area contributed by atoms with Crippen molar-refractivity contribution in [3.05, 3.63) is 79.4 Å². The number of hydrogen-bond acceptors (Lipinski definition) is 7. The fourth-order valence-electron chi connectivity index (χ4n) is 7.45. The lowest BCUT2D eigenvalue weighted by atomic mass is 9.79. The molecule has 4 aliphatic heterocycles. The highest BCUT2D eigenvalue weighted by molar-refractivity contribution is 6.24. The summed E-state index contributed by atoms with van der Waals surface area (Å²) in [4.78, 5) is 14.2. The van der Waals surface area contributed by atoms with Gasteiger partial charge in [0.15, 0.2) is 0 Å². The smallest absolute Gasteiger partial charge is 0.0820 e. The largest absolute Gasteiger partial charge is 0.396 e. The van der Waals surface area contributed by atoms with Gasteiger partial charge < -0.3 is 30.0 Å². The van der Waals surface area contributed by atoms with Crippen molar-refractivity contribution in [2.45, 2.75) is 112 Å². The van der Waals surface area contributed by atoms with Gasteiger partial charge in [-0.2, -0.15) is 0 Å². The number of hydrogen-bond donors (Lipinski definition) is 4. The number of aliphatic imine (C=N–C) groups is 2. The molecule has 260 valence electrons. The number of nitrogens with one attached hydrogen (secondary N) is 2. The van der Waals surface area contributed by atoms with Crippen molar-refractivity contribution in [1.29, 1.82) is 0 Å². The number of aliphatic hydroxyl groups excluding tert-OH is 2. The van der Waals surface area contributed by atoms with Crippen molar-refractivity contribution in [2.75, 3.05) is 26.4 Å². The van der Waals surface area contributed by atoms with Crippen LogP contribution in [0.1, 0.15) is 104 Å². The number of aromatic nitrogens is 1. The quantitative estimate of drug-likeness (QED) is 0.199. The van der Waals surface area contributed by atoms with Crippen LogP contribution in [0.5, 0.6) is 0 Å². The molecule has 0 saturated heterocycles. The van der Waals surface area contributed by atoms with Crippen molar-refractivity contribution in [2.24, 2.45) is 15.4 Å². The maximum Gasteiger partial charge on any atom is 0.0820 e. The Hall–Kier alpha value is -3.30. The average Bonchev–Trinajstić information content (AvgIpc) is 3.73. The molecular weight excluding hydrogens is 600 g/mol. The topological polar surface area (TPSA) is 111 Å². The number of allylic oxidation sites excluding steroid dienone is 4. The summed E-state index contributed by atoms with van der Waals surface area (Å²) < 4.78 is 12.6. The van der Waals surface area contributed by atoms with Gasteiger partial charge in [0, 0.05) is 59.4 Å². The summed E-state index contributed by atoms with van der Waals surface area (Å²) in [6, 6.07) is -0.0529. The Morgan fingerprint density at radius 3 is 2.19 bits per heavy atom. The van der Waals surface area contributed by atoms with E-state index in [4.69, 9.17) is 19.5 Å². The second kappa shape index (κ2) is 15.5. The molecule has 4 atom stereocenters. The van der Waals surface area contributed by atoms with E-state index in [1.807, 2.05) is 0 Å². The van der Waals surface area contributed by atoms with Crippen molar-refractivity contribution < 1.29 is 19.7 Å². The van der Waals surface area contributed by atoms with Crippen LogP contribution in [0.25, 0.3) is 12.2 Å². The van der Waals surface area contributed by atoms with Crippen LogP contribution in [0.3, 0.4) is 0 Å². The van der Waals surface area contributed by atoms with Crippen LogP contribution < -0.4 is 16.0 Å². The third-order valence-corrected chi connectivity index (χ3v) is 10.2. The summed E-state index contributed by atoms with van der Waals surface area (Å²) in [5.41, 5.74) is 11.2. The molecule has 0 aromatic carbocycles. The first-order valence-corrected chi connectivity index (χ1v) is 17.9. The number of fused-ring (bicyclic) bond motifs is 6. The van der Waals surface area contributed by atoms with E-state index in [-0.39, 0.29) is 36.9 Å². The minimum absolute atomic E-state index is 0.0529. The van der Waals surface area contributed by atoms with Gasteiger partial charge in [0.2, 0.25) is 0 Å². The lowest BCUT2D eigenvalue weighted by molar-refractivity contribution is 0.0654. The molecular formula is C40H56N4O4. The van der Waals surface area contributed by atoms with Crippen molar-refractivity contribution in [3.8, 4) is 0 Å². The number of nitrogens with zero attached hydrogens (tertiary/aromatic N) is 2. The highest BCUT2D eigenvalue weighted by atomic mass is 16.5. The third kappa shape index (κ3) is 7.32. The molecule has 48 heavy (non-hydrogen) atoms. The summed E-state index contributed by atoms with van der Waals surface area (Å²) in [6.07, 6.45) is 15.6. The third-order valence-electron chi connectivity index (χ3n) is 10.2. The van der Waals surface area contributed by atoms with Crippen LogP contribution in [0, 0.1) is 12.3 Å². The Kier molecular flexibility index (Phi) is 11.6. The molecule has 0 fully saturated rings. The van der Waals surface area contributed by atoms with E-state index in [2.05, 4.69) is 96.1 Å². The number of ether oxygens (including phenoxy) is 2. The zero-order valence-corrected chi connectivity index (χ0v) is 30.3. The lowest BCUT2D eigenvalue weighted by Crippen LogP contribution is -2.35. The van der Waals surface area contributed by atoms with Crippen LogP contribution in [0.15, 0.2) is 67.6 Å². The average molecular weight is 657 g/mol. The highest BCUT2D eigenvalue weighted by Crippen LogP contribution is 2.41. The Morgan fingerprint density at radius 1 is 0.854 bits per heavy atom. The summed E-state index contributed by atoms with van der Waals surface area (Å²) in [5.74, 6) is 0. The summed E-state index contributed by atoms with van der Waals surface area (Å²) in [7, 11) is 0. The van der Waals surface area contributed by atoms with Crippen LogP contribution in [0.2, 0.25) is 0 Å². The van der Waals surface area contributed by atoms with E-state index in [1.54, 1.807) is 0 Å². The van der Waals surface area contributed by atoms with Gasteiger partial charge >= 0.3 is 0 Å². The molecule has 4 aliphatic rings. The van der Waals surface area contributed by atoms with Crippen LogP contribution >= 0.6 is 0 Å². The molecule has 8 nitrogen and oxygen atoms in total. The number of aliphatic hydroxyl groups is 2. The first-order chi connectivity index (χ1) is 23.0. The molecule has 5 heterocycles. The first-order valence-electron chi connectivity index (χ1n) is 17.9. The van der Waals surface area contributed by atoms with Gasteiger partial charge in [-0.3, -0.25) is 0 Å². The van der Waals surface area contributed by atoms with Gasteiger partial charge in [0.05, 0.1) is 41.1 Å². The minimum Gasteiger partial charge on any atom is -0.396 e. The van der Waals surface area contributed by atoms with Crippen molar-refractivity contribution >= 4 is 23.6 Å². The fourth-order valence-corrected chi connectivity index (χ4v) is 7.45. The maximum absolute atomic E-state index is 9.83. The number of aromatic amines is 1. The Bertz CT molecular complexity index is 1730. The van der Waals surface area contributed by atoms with E-state index in [0.29, 0.717) is 26.1 Å². The second-order valence-electron chi connectivity index (χ2n) is 13.9. The molecule has 8 bridgehead atoms. The standard InChI is InChI=1S/C40H56N4O4/c1-9-17-47-27(6)38-25(4)32-20-31-24(3)30(13-11-15-45)34(42-31)19-29-23-40(8,14-12-16-46)37(41-29)22-36-39(28(7)48-18-10-2)26(5)33(44-36)21-35(38)43-32/h19-23,27-28,37,41,43,45-46H,9-18H2,1-8H3/b32-20-,34-19-,35-21-,36-22-. The van der Waals surface area contributed by atoms with Gasteiger partial charge in [-0.05, 0) is 120 Å². The maximum atomic E-state index is 9.83. The van der Waals surface area contributed by atoms with Crippen molar-refractivity contribution in [3.63, 3.8) is 0 Å². The predicted molar refractivity (Wildman–Crippen MR) is 196 cm³/mol. The molecule has 5 rings (SSSR count). The predicted octanol–water partition coefficient (Wildman–Crippen LogP) is 5.92. The molecule has 1 aromatic heterocycles. The molecule has 0 amide bonds. The van der Waals surface area contributed by atoms with Crippen molar-refractivity contribution in [1.82, 2.24) is 10.3 Å². The molecule has 1 aromatic rings. The van der Waals surface area contributed by atoms with E-state index in [1.165, 1.54) is 0 Å². The molecule has 0 saturated carbocycles. The van der Waals surface area contributed by atoms with Gasteiger partial charge in [-0.15, -0.1) is 0 Å². The van der Waals surface area contributed by atoms with Gasteiger partial charge in [-0.1, -0.05) is 26.8 Å². The number of rotatable bonds is 14. The minimum atomic E-state index is -0.254. The first kappa shape index (κ1) is 36.0. The zero-order chi connectivity index (χ0) is 34.6. The zero-order valence-electron chi connectivity index (χ0n) is 30.3. The summed E-state index contributed by atoms with van der Waals surface area (Å²) >= 11 is 0. The molecule has 4 unspecified atom stereocenters. The molecule has 8 heteroatoms. The SMILES string of the molecule is CCCOC(C)C1=C(C)C2=NC/1=C\C1NC(=CC1(C)CCCO)/C=C1N=C(/C=c3\[nH]/c(c(C(C)OCCC)c3C)=C\2)C(C)=C\1CCCO. The molecule has 0 spiro atoms. The number of H-pyrrole nitrogens is 1. The van der Waals surface area contributed by atoms with Crippen LogP contribution in [-0.2, 0) is 9.47 Å². The van der Waals surface area contributed by atoms with Gasteiger partial charge in [0.25, 0.3) is 0 Å². The Labute approximate surface area is 286 Å². The molecule has 0 radical (unpaired) electrons.